The van der Waals surface area contributed by atoms with Crippen LogP contribution in [0.1, 0.15) is 35.9 Å². The summed E-state index contributed by atoms with van der Waals surface area (Å²) in [6.07, 6.45) is 1.78. The smallest absolute Gasteiger partial charge is 0.214 e. The molecule has 0 aliphatic rings. The van der Waals surface area contributed by atoms with Crippen molar-refractivity contribution in [2.24, 2.45) is 0 Å². The highest BCUT2D eigenvalue weighted by Crippen LogP contribution is 2.33. The van der Waals surface area contributed by atoms with Crippen LogP contribution in [0.15, 0.2) is 36.4 Å². The molecule has 0 atom stereocenters. The molecule has 0 unspecified atom stereocenters. The van der Waals surface area contributed by atoms with E-state index in [-0.39, 0.29) is 0 Å². The first-order valence-corrected chi connectivity index (χ1v) is 10.2. The normalized spacial score (nSPS) is 10.9. The first-order valence-electron chi connectivity index (χ1n) is 9.04. The van der Waals surface area contributed by atoms with Crippen molar-refractivity contribution in [2.45, 2.75) is 39.8 Å². The highest BCUT2D eigenvalue weighted by atomic mass is 35.5. The Morgan fingerprint density at radius 2 is 1.96 bits per heavy atom. The van der Waals surface area contributed by atoms with Crippen LogP contribution in [0.2, 0.25) is 10.0 Å². The van der Waals surface area contributed by atoms with Crippen molar-refractivity contribution in [3.63, 3.8) is 0 Å². The highest BCUT2D eigenvalue weighted by molar-refractivity contribution is 7.71. The predicted molar refractivity (Wildman–Crippen MR) is 116 cm³/mol. The van der Waals surface area contributed by atoms with E-state index >= 15 is 0 Å². The van der Waals surface area contributed by atoms with Gasteiger partial charge in [-0.05, 0) is 43.3 Å². The van der Waals surface area contributed by atoms with E-state index in [9.17, 15) is 0 Å². The van der Waals surface area contributed by atoms with Gasteiger partial charge in [0.1, 0.15) is 12.4 Å². The second kappa shape index (κ2) is 9.45. The van der Waals surface area contributed by atoms with Crippen molar-refractivity contribution < 1.29 is 4.74 Å². The minimum absolute atomic E-state index is 0.418. The maximum Gasteiger partial charge on any atom is 0.214 e. The van der Waals surface area contributed by atoms with Crippen LogP contribution in [0.4, 0.5) is 0 Å². The topological polar surface area (TPSA) is 54.9 Å². The van der Waals surface area contributed by atoms with Gasteiger partial charge >= 0.3 is 0 Å². The van der Waals surface area contributed by atoms with E-state index in [4.69, 9.17) is 40.2 Å². The first kappa shape index (κ1) is 20.7. The second-order valence-corrected chi connectivity index (χ2v) is 7.75. The monoisotopic (exact) mass is 436 g/mol. The van der Waals surface area contributed by atoms with Crippen molar-refractivity contribution in [3.8, 4) is 5.75 Å². The molecule has 5 nitrogen and oxygen atoms in total. The molecule has 0 saturated carbocycles. The van der Waals surface area contributed by atoms with E-state index in [0.717, 1.165) is 29.8 Å². The standard InChI is InChI=1S/C20H22Cl2N4OS/c1-3-4-18-24-25-20(28)26(18)23-11-15-9-16(21)10-17(22)19(15)27-12-14-7-5-13(2)6-8-14/h5-10,23H,3-4,11-12H2,1-2H3,(H,25,28). The first-order chi connectivity index (χ1) is 13.5. The highest BCUT2D eigenvalue weighted by Gasteiger charge is 2.13. The van der Waals surface area contributed by atoms with E-state index in [2.05, 4.69) is 41.6 Å². The zero-order valence-electron chi connectivity index (χ0n) is 15.8. The summed E-state index contributed by atoms with van der Waals surface area (Å²) in [5, 5.41) is 8.10. The molecular formula is C20H22Cl2N4OS. The molecule has 3 aromatic rings. The van der Waals surface area contributed by atoms with Gasteiger partial charge in [-0.1, -0.05) is 60.0 Å². The molecule has 28 heavy (non-hydrogen) atoms. The molecule has 0 bridgehead atoms. The van der Waals surface area contributed by atoms with Gasteiger partial charge in [0.25, 0.3) is 0 Å². The number of halogens is 2. The van der Waals surface area contributed by atoms with Gasteiger partial charge in [0.2, 0.25) is 4.77 Å². The summed E-state index contributed by atoms with van der Waals surface area (Å²) in [4.78, 5) is 0. The predicted octanol–water partition coefficient (Wildman–Crippen LogP) is 5.83. The third-order valence-electron chi connectivity index (χ3n) is 4.23. The molecule has 1 heterocycles. The molecule has 0 saturated heterocycles. The number of H-pyrrole nitrogens is 1. The molecule has 0 aliphatic carbocycles. The van der Waals surface area contributed by atoms with Crippen molar-refractivity contribution in [1.29, 1.82) is 0 Å². The number of nitrogens with one attached hydrogen (secondary N) is 2. The van der Waals surface area contributed by atoms with Crippen LogP contribution < -0.4 is 10.2 Å². The van der Waals surface area contributed by atoms with E-state index in [1.165, 1.54) is 5.56 Å². The maximum absolute atomic E-state index is 6.42. The summed E-state index contributed by atoms with van der Waals surface area (Å²) in [6, 6.07) is 11.7. The number of aromatic nitrogens is 3. The zero-order chi connectivity index (χ0) is 20.1. The van der Waals surface area contributed by atoms with Crippen molar-refractivity contribution in [1.82, 2.24) is 14.9 Å². The van der Waals surface area contributed by atoms with E-state index in [0.29, 0.717) is 33.7 Å². The summed E-state index contributed by atoms with van der Waals surface area (Å²) in [5.41, 5.74) is 6.40. The summed E-state index contributed by atoms with van der Waals surface area (Å²) in [5.74, 6) is 1.45. The molecular weight excluding hydrogens is 415 g/mol. The Morgan fingerprint density at radius 3 is 2.68 bits per heavy atom. The number of benzene rings is 2. The van der Waals surface area contributed by atoms with E-state index < -0.39 is 0 Å². The number of aromatic amines is 1. The Morgan fingerprint density at radius 1 is 1.21 bits per heavy atom. The molecule has 0 amide bonds. The van der Waals surface area contributed by atoms with Gasteiger partial charge in [0.05, 0.1) is 11.6 Å². The average Bonchev–Trinajstić information content (AvgIpc) is 3.00. The number of hydrogen-bond donors (Lipinski definition) is 2. The van der Waals surface area contributed by atoms with Gasteiger partial charge in [-0.2, -0.15) is 5.10 Å². The summed E-state index contributed by atoms with van der Waals surface area (Å²) >= 11 is 17.9. The molecule has 0 spiro atoms. The largest absolute Gasteiger partial charge is 0.487 e. The van der Waals surface area contributed by atoms with Gasteiger partial charge in [0, 0.05) is 17.0 Å². The third-order valence-corrected chi connectivity index (χ3v) is 5.00. The Labute approximate surface area is 179 Å². The Balaban J connectivity index is 1.79. The summed E-state index contributed by atoms with van der Waals surface area (Å²) in [7, 11) is 0. The van der Waals surface area contributed by atoms with Crippen molar-refractivity contribution >= 4 is 35.4 Å². The van der Waals surface area contributed by atoms with Crippen LogP contribution in [-0.2, 0) is 19.6 Å². The van der Waals surface area contributed by atoms with E-state index in [1.54, 1.807) is 10.7 Å². The zero-order valence-corrected chi connectivity index (χ0v) is 18.1. The summed E-state index contributed by atoms with van der Waals surface area (Å²) < 4.78 is 8.33. The van der Waals surface area contributed by atoms with Crippen LogP contribution in [0.5, 0.6) is 5.75 Å². The molecule has 2 N–H and O–H groups in total. The molecule has 1 aromatic heterocycles. The minimum atomic E-state index is 0.418. The lowest BCUT2D eigenvalue weighted by Gasteiger charge is -2.16. The fraction of sp³-hybridized carbons (Fsp3) is 0.300. The molecule has 2 aromatic carbocycles. The molecule has 0 aliphatic heterocycles. The number of rotatable bonds is 8. The Bertz CT molecular complexity index is 998. The average molecular weight is 437 g/mol. The number of nitrogens with zero attached hydrogens (tertiary/aromatic N) is 2. The Kier molecular flexibility index (Phi) is 6.99. The summed E-state index contributed by atoms with van der Waals surface area (Å²) in [6.45, 7) is 5.00. The maximum atomic E-state index is 6.42. The van der Waals surface area contributed by atoms with Crippen LogP contribution >= 0.6 is 35.4 Å². The van der Waals surface area contributed by atoms with Crippen molar-refractivity contribution in [2.75, 3.05) is 5.43 Å². The quantitative estimate of drug-likeness (QED) is 0.436. The molecule has 3 rings (SSSR count). The van der Waals surface area contributed by atoms with Crippen molar-refractivity contribution in [3.05, 3.63) is 73.7 Å². The lowest BCUT2D eigenvalue weighted by atomic mass is 10.1. The number of hydrogen-bond acceptors (Lipinski definition) is 4. The molecule has 0 fully saturated rings. The fourth-order valence-corrected chi connectivity index (χ4v) is 3.60. The molecule has 148 valence electrons. The number of ether oxygens (including phenoxy) is 1. The van der Waals surface area contributed by atoms with Crippen LogP contribution in [0.25, 0.3) is 0 Å². The van der Waals surface area contributed by atoms with Crippen LogP contribution in [-0.4, -0.2) is 14.9 Å². The van der Waals surface area contributed by atoms with Gasteiger partial charge in [-0.3, -0.25) is 5.10 Å². The lowest BCUT2D eigenvalue weighted by molar-refractivity contribution is 0.303. The Hall–Kier alpha value is -2.02. The van der Waals surface area contributed by atoms with Crippen LogP contribution in [0.3, 0.4) is 0 Å². The minimum Gasteiger partial charge on any atom is -0.487 e. The molecule has 0 radical (unpaired) electrons. The SMILES string of the molecule is CCCc1n[nH]c(=S)n1NCc1cc(Cl)cc(Cl)c1OCc1ccc(C)cc1. The third kappa shape index (κ3) is 5.07. The van der Waals surface area contributed by atoms with E-state index in [1.807, 2.05) is 18.2 Å². The fourth-order valence-electron chi connectivity index (χ4n) is 2.79. The van der Waals surface area contributed by atoms with Crippen LogP contribution in [0, 0.1) is 11.7 Å². The van der Waals surface area contributed by atoms with Gasteiger partial charge in [0.15, 0.2) is 5.82 Å². The van der Waals surface area contributed by atoms with Gasteiger partial charge in [-0.25, -0.2) is 4.68 Å². The second-order valence-electron chi connectivity index (χ2n) is 6.52. The molecule has 8 heteroatoms. The van der Waals surface area contributed by atoms with Gasteiger partial charge < -0.3 is 10.2 Å². The van der Waals surface area contributed by atoms with Gasteiger partial charge in [-0.15, -0.1) is 0 Å². The number of aryl methyl sites for hydroxylation is 2. The lowest BCUT2D eigenvalue weighted by Crippen LogP contribution is -2.18.